The fourth-order valence-corrected chi connectivity index (χ4v) is 4.27. The van der Waals surface area contributed by atoms with Crippen molar-refractivity contribution in [3.05, 3.63) is 71.5 Å². The van der Waals surface area contributed by atoms with Gasteiger partial charge in [-0.25, -0.2) is 0 Å². The van der Waals surface area contributed by atoms with Crippen LogP contribution in [0.4, 0.5) is 0 Å². The van der Waals surface area contributed by atoms with Gasteiger partial charge in [0.05, 0.1) is 6.42 Å². The molecule has 0 radical (unpaired) electrons. The van der Waals surface area contributed by atoms with Crippen LogP contribution in [0.15, 0.2) is 60.2 Å². The molecule has 1 aromatic heterocycles. The first-order valence-electron chi connectivity index (χ1n) is 13.1. The molecule has 0 fully saturated rings. The number of carboxylic acids is 1. The molecule has 0 amide bonds. The first-order chi connectivity index (χ1) is 16.9. The molecule has 4 nitrogen and oxygen atoms in total. The molecule has 0 spiro atoms. The monoisotopic (exact) mass is 481 g/mol. The summed E-state index contributed by atoms with van der Waals surface area (Å²) in [7, 11) is 3.25. The largest absolute Gasteiger partial charge is 0.481 e. The van der Waals surface area contributed by atoms with E-state index in [1.807, 2.05) is 18.2 Å². The van der Waals surface area contributed by atoms with Crippen LogP contribution < -0.4 is 0 Å². The van der Waals surface area contributed by atoms with Gasteiger partial charge in [0.1, 0.15) is 0 Å². The SMILES string of the molecule is C=C/C(=C\C=C(/C)Cn1c(C)cc2c(CC(=O)O)cccc21)CCCCCCCCCC.COC. The minimum Gasteiger partial charge on any atom is -0.481 e. The maximum absolute atomic E-state index is 11.2. The van der Waals surface area contributed by atoms with Crippen molar-refractivity contribution in [1.82, 2.24) is 4.57 Å². The third kappa shape index (κ3) is 11.6. The molecule has 35 heavy (non-hydrogen) atoms. The van der Waals surface area contributed by atoms with Crippen LogP contribution in [0.25, 0.3) is 10.9 Å². The first kappa shape index (κ1) is 30.4. The molecule has 0 aliphatic rings. The lowest BCUT2D eigenvalue weighted by atomic mass is 10.0. The maximum Gasteiger partial charge on any atom is 0.307 e. The number of methoxy groups -OCH3 is 1. The highest BCUT2D eigenvalue weighted by Gasteiger charge is 2.11. The van der Waals surface area contributed by atoms with Crippen molar-refractivity contribution in [3.63, 3.8) is 0 Å². The highest BCUT2D eigenvalue weighted by atomic mass is 16.4. The van der Waals surface area contributed by atoms with Gasteiger partial charge in [-0.15, -0.1) is 0 Å². The second kappa shape index (κ2) is 17.8. The number of fused-ring (bicyclic) bond motifs is 1. The van der Waals surface area contributed by atoms with Crippen LogP contribution in [0.3, 0.4) is 0 Å². The van der Waals surface area contributed by atoms with Crippen LogP contribution in [-0.2, 0) is 22.5 Å². The molecule has 2 aromatic rings. The lowest BCUT2D eigenvalue weighted by Crippen LogP contribution is -2.02. The highest BCUT2D eigenvalue weighted by molar-refractivity contribution is 5.88. The van der Waals surface area contributed by atoms with E-state index in [4.69, 9.17) is 0 Å². The number of allylic oxidation sites excluding steroid dienone is 5. The van der Waals surface area contributed by atoms with E-state index in [0.29, 0.717) is 0 Å². The topological polar surface area (TPSA) is 51.5 Å². The number of carboxylic acid groups (broad SMARTS) is 1. The summed E-state index contributed by atoms with van der Waals surface area (Å²) in [6.07, 6.45) is 18.2. The lowest BCUT2D eigenvalue weighted by molar-refractivity contribution is -0.136. The molecule has 1 aromatic carbocycles. The third-order valence-corrected chi connectivity index (χ3v) is 6.16. The number of nitrogens with zero attached hydrogens (tertiary/aromatic N) is 1. The molecule has 194 valence electrons. The molecule has 1 heterocycles. The predicted octanol–water partition coefficient (Wildman–Crippen LogP) is 8.43. The van der Waals surface area contributed by atoms with E-state index in [1.165, 1.54) is 62.5 Å². The van der Waals surface area contributed by atoms with Gasteiger partial charge >= 0.3 is 5.97 Å². The Morgan fingerprint density at radius 1 is 1.06 bits per heavy atom. The summed E-state index contributed by atoms with van der Waals surface area (Å²) in [5, 5.41) is 10.2. The van der Waals surface area contributed by atoms with Crippen LogP contribution in [0.1, 0.15) is 82.9 Å². The summed E-state index contributed by atoms with van der Waals surface area (Å²) >= 11 is 0. The number of aliphatic carboxylic acids is 1. The fraction of sp³-hybridized carbons (Fsp3) is 0.516. The van der Waals surface area contributed by atoms with E-state index >= 15 is 0 Å². The van der Waals surface area contributed by atoms with Gasteiger partial charge < -0.3 is 14.4 Å². The van der Waals surface area contributed by atoms with Crippen molar-refractivity contribution in [1.29, 1.82) is 0 Å². The summed E-state index contributed by atoms with van der Waals surface area (Å²) in [6, 6.07) is 8.05. The first-order valence-corrected chi connectivity index (χ1v) is 13.1. The van der Waals surface area contributed by atoms with Gasteiger partial charge in [-0.1, -0.05) is 94.4 Å². The van der Waals surface area contributed by atoms with Crippen LogP contribution in [0.2, 0.25) is 0 Å². The second-order valence-electron chi connectivity index (χ2n) is 9.38. The van der Waals surface area contributed by atoms with Gasteiger partial charge in [0.2, 0.25) is 0 Å². The Kier molecular flexibility index (Phi) is 15.5. The Morgan fingerprint density at radius 3 is 2.29 bits per heavy atom. The van der Waals surface area contributed by atoms with Gasteiger partial charge in [0.15, 0.2) is 0 Å². The smallest absolute Gasteiger partial charge is 0.307 e. The summed E-state index contributed by atoms with van der Waals surface area (Å²) in [5.41, 5.74) is 5.69. The summed E-state index contributed by atoms with van der Waals surface area (Å²) < 4.78 is 6.52. The average molecular weight is 482 g/mol. The van der Waals surface area contributed by atoms with Gasteiger partial charge in [0, 0.05) is 37.4 Å². The molecule has 0 unspecified atom stereocenters. The quantitative estimate of drug-likeness (QED) is 0.205. The predicted molar refractivity (Wildman–Crippen MR) is 150 cm³/mol. The Morgan fingerprint density at radius 2 is 1.69 bits per heavy atom. The zero-order valence-electron chi connectivity index (χ0n) is 22.7. The Hall–Kier alpha value is -2.59. The van der Waals surface area contributed by atoms with Crippen LogP contribution in [0.5, 0.6) is 0 Å². The van der Waals surface area contributed by atoms with Crippen LogP contribution in [-0.4, -0.2) is 29.9 Å². The second-order valence-corrected chi connectivity index (χ2v) is 9.38. The number of aryl methyl sites for hydroxylation is 1. The Labute approximate surface area is 213 Å². The number of carbonyl (C=O) groups is 1. The van der Waals surface area contributed by atoms with E-state index in [9.17, 15) is 9.90 Å². The summed E-state index contributed by atoms with van der Waals surface area (Å²) in [5.74, 6) is -0.794. The molecule has 2 rings (SSSR count). The van der Waals surface area contributed by atoms with Gasteiger partial charge in [-0.2, -0.15) is 0 Å². The number of unbranched alkanes of at least 4 members (excludes halogenated alkanes) is 7. The summed E-state index contributed by atoms with van der Waals surface area (Å²) in [6.45, 7) is 11.3. The highest BCUT2D eigenvalue weighted by Crippen LogP contribution is 2.25. The van der Waals surface area contributed by atoms with Crippen molar-refractivity contribution >= 4 is 16.9 Å². The minimum absolute atomic E-state index is 0.0553. The minimum atomic E-state index is -0.794. The van der Waals surface area contributed by atoms with E-state index in [2.05, 4.69) is 60.9 Å². The van der Waals surface area contributed by atoms with Gasteiger partial charge in [-0.3, -0.25) is 4.79 Å². The molecule has 1 N–H and O–H groups in total. The average Bonchev–Trinajstić information content (AvgIpc) is 3.14. The van der Waals surface area contributed by atoms with Crippen molar-refractivity contribution in [2.24, 2.45) is 0 Å². The molecule has 0 aliphatic carbocycles. The van der Waals surface area contributed by atoms with Crippen molar-refractivity contribution in [2.75, 3.05) is 14.2 Å². The summed E-state index contributed by atoms with van der Waals surface area (Å²) in [4.78, 5) is 11.2. The standard InChI is InChI=1S/C29H41NO2.C2H6O/c1-5-7-8-9-10-11-12-13-15-25(6-2)19-18-23(3)22-30-24(4)20-27-26(21-29(31)32)16-14-17-28(27)30;1-3-2/h6,14,16-20H,2,5,7-13,15,21-22H2,1,3-4H3,(H,31,32);1-2H3/b23-18+,25-19+;. The zero-order valence-corrected chi connectivity index (χ0v) is 22.7. The molecule has 0 atom stereocenters. The van der Waals surface area contributed by atoms with Gasteiger partial charge in [0.25, 0.3) is 0 Å². The molecule has 4 heteroatoms. The van der Waals surface area contributed by atoms with E-state index in [-0.39, 0.29) is 6.42 Å². The molecule has 0 aliphatic heterocycles. The van der Waals surface area contributed by atoms with Gasteiger partial charge in [-0.05, 0) is 50.0 Å². The Balaban J connectivity index is 0.00000194. The molecule has 0 saturated heterocycles. The van der Waals surface area contributed by atoms with E-state index in [1.54, 1.807) is 14.2 Å². The molecular weight excluding hydrogens is 434 g/mol. The number of hydrogen-bond donors (Lipinski definition) is 1. The number of rotatable bonds is 15. The van der Waals surface area contributed by atoms with E-state index < -0.39 is 5.97 Å². The lowest BCUT2D eigenvalue weighted by Gasteiger charge is -2.09. The maximum atomic E-state index is 11.2. The van der Waals surface area contributed by atoms with E-state index in [0.717, 1.165) is 35.1 Å². The normalized spacial score (nSPS) is 11.9. The number of hydrogen-bond acceptors (Lipinski definition) is 2. The van der Waals surface area contributed by atoms with Crippen LogP contribution in [0, 0.1) is 6.92 Å². The molecule has 0 saturated carbocycles. The number of aromatic nitrogens is 1. The number of benzene rings is 1. The fourth-order valence-electron chi connectivity index (χ4n) is 4.27. The Bertz CT molecular complexity index is 965. The van der Waals surface area contributed by atoms with Crippen molar-refractivity contribution in [2.45, 2.75) is 91.5 Å². The number of ether oxygens (including phenoxy) is 1. The molecule has 0 bridgehead atoms. The van der Waals surface area contributed by atoms with Crippen molar-refractivity contribution < 1.29 is 14.6 Å². The van der Waals surface area contributed by atoms with Crippen molar-refractivity contribution in [3.8, 4) is 0 Å². The van der Waals surface area contributed by atoms with Crippen LogP contribution >= 0.6 is 0 Å². The zero-order chi connectivity index (χ0) is 26.1. The molecular formula is C31H47NO3. The third-order valence-electron chi connectivity index (χ3n) is 6.16.